The van der Waals surface area contributed by atoms with E-state index in [0.717, 1.165) is 11.3 Å². The number of amides is 1. The summed E-state index contributed by atoms with van der Waals surface area (Å²) in [4.78, 5) is 16.0. The van der Waals surface area contributed by atoms with Crippen LogP contribution in [0.25, 0.3) is 0 Å². The van der Waals surface area contributed by atoms with Crippen molar-refractivity contribution >= 4 is 47.2 Å². The Balaban J connectivity index is 0.00000392. The van der Waals surface area contributed by atoms with E-state index < -0.39 is 0 Å². The predicted molar refractivity (Wildman–Crippen MR) is 124 cm³/mol. The molecule has 2 aromatic rings. The maximum absolute atomic E-state index is 11.7. The Morgan fingerprint density at radius 2 is 1.75 bits per heavy atom. The second kappa shape index (κ2) is 11.4. The summed E-state index contributed by atoms with van der Waals surface area (Å²) in [6, 6.07) is 12.9. The number of anilines is 2. The lowest BCUT2D eigenvalue weighted by atomic mass is 10.2. The molecule has 0 saturated heterocycles. The number of carbonyl (C=O) groups excluding carboxylic acids is 1. The molecule has 0 spiro atoms. The van der Waals surface area contributed by atoms with Gasteiger partial charge in [-0.15, -0.1) is 24.0 Å². The molecule has 0 unspecified atom stereocenters. The van der Waals surface area contributed by atoms with Gasteiger partial charge in [0.25, 0.3) is 0 Å². The van der Waals surface area contributed by atoms with E-state index in [-0.39, 0.29) is 41.8 Å². The molecule has 0 fully saturated rings. The van der Waals surface area contributed by atoms with E-state index in [9.17, 15) is 4.79 Å². The summed E-state index contributed by atoms with van der Waals surface area (Å²) in [5.41, 5.74) is 8.38. The SMILES string of the molecule is COc1ccc(OC)c(NC(N)=NCc2ccc(NC(=O)C(C)C)cc2)c1.I. The summed E-state index contributed by atoms with van der Waals surface area (Å²) in [6.07, 6.45) is 0. The lowest BCUT2D eigenvalue weighted by Crippen LogP contribution is -2.23. The number of nitrogens with two attached hydrogens (primary N) is 1. The number of hydrogen-bond donors (Lipinski definition) is 3. The zero-order valence-electron chi connectivity index (χ0n) is 16.5. The minimum atomic E-state index is -0.0613. The van der Waals surface area contributed by atoms with E-state index >= 15 is 0 Å². The summed E-state index contributed by atoms with van der Waals surface area (Å²) in [5, 5.41) is 5.87. The Kier molecular flexibility index (Phi) is 9.57. The zero-order valence-corrected chi connectivity index (χ0v) is 18.8. The van der Waals surface area contributed by atoms with E-state index in [1.54, 1.807) is 32.4 Å². The van der Waals surface area contributed by atoms with Crippen molar-refractivity contribution in [2.24, 2.45) is 16.6 Å². The molecule has 7 nitrogen and oxygen atoms in total. The third-order valence-electron chi connectivity index (χ3n) is 3.85. The number of benzene rings is 2. The van der Waals surface area contributed by atoms with Crippen LogP contribution in [-0.2, 0) is 11.3 Å². The maximum Gasteiger partial charge on any atom is 0.226 e. The smallest absolute Gasteiger partial charge is 0.226 e. The normalized spacial score (nSPS) is 10.8. The molecular weight excluding hydrogens is 471 g/mol. The van der Waals surface area contributed by atoms with Crippen LogP contribution in [0.4, 0.5) is 11.4 Å². The molecule has 4 N–H and O–H groups in total. The Bertz CT molecular complexity index is 808. The number of aliphatic imine (C=N–C) groups is 1. The fourth-order valence-electron chi connectivity index (χ4n) is 2.25. The third kappa shape index (κ3) is 6.91. The van der Waals surface area contributed by atoms with Crippen LogP contribution in [0.1, 0.15) is 19.4 Å². The first-order valence-electron chi connectivity index (χ1n) is 8.61. The molecule has 1 amide bonds. The van der Waals surface area contributed by atoms with Crippen molar-refractivity contribution in [2.75, 3.05) is 24.9 Å². The number of rotatable bonds is 7. The van der Waals surface area contributed by atoms with Crippen LogP contribution in [0.5, 0.6) is 11.5 Å². The molecule has 0 atom stereocenters. The third-order valence-corrected chi connectivity index (χ3v) is 3.85. The Morgan fingerprint density at radius 1 is 1.07 bits per heavy atom. The van der Waals surface area contributed by atoms with Crippen molar-refractivity contribution in [3.8, 4) is 11.5 Å². The van der Waals surface area contributed by atoms with Gasteiger partial charge in [0, 0.05) is 17.7 Å². The fraction of sp³-hybridized carbons (Fsp3) is 0.300. The Hall–Kier alpha value is -2.49. The quantitative estimate of drug-likeness (QED) is 0.306. The van der Waals surface area contributed by atoms with Crippen LogP contribution in [0.15, 0.2) is 47.5 Å². The number of carbonyl (C=O) groups is 1. The van der Waals surface area contributed by atoms with Gasteiger partial charge in [-0.1, -0.05) is 26.0 Å². The minimum Gasteiger partial charge on any atom is -0.497 e. The van der Waals surface area contributed by atoms with Gasteiger partial charge in [-0.05, 0) is 29.8 Å². The molecule has 0 heterocycles. The number of nitrogens with zero attached hydrogens (tertiary/aromatic N) is 1. The van der Waals surface area contributed by atoms with Crippen LogP contribution in [0.2, 0.25) is 0 Å². The molecule has 0 aliphatic rings. The van der Waals surface area contributed by atoms with Crippen molar-refractivity contribution in [1.82, 2.24) is 0 Å². The van der Waals surface area contributed by atoms with Crippen LogP contribution >= 0.6 is 24.0 Å². The molecule has 152 valence electrons. The number of nitrogens with one attached hydrogen (secondary N) is 2. The highest BCUT2D eigenvalue weighted by Gasteiger charge is 2.07. The Morgan fingerprint density at radius 3 is 2.32 bits per heavy atom. The number of halogens is 1. The lowest BCUT2D eigenvalue weighted by Gasteiger charge is -2.12. The maximum atomic E-state index is 11.7. The summed E-state index contributed by atoms with van der Waals surface area (Å²) in [5.74, 6) is 1.51. The van der Waals surface area contributed by atoms with E-state index in [1.807, 2.05) is 38.1 Å². The van der Waals surface area contributed by atoms with Gasteiger partial charge in [0.1, 0.15) is 11.5 Å². The van der Waals surface area contributed by atoms with E-state index in [4.69, 9.17) is 15.2 Å². The zero-order chi connectivity index (χ0) is 19.8. The number of guanidine groups is 1. The fourth-order valence-corrected chi connectivity index (χ4v) is 2.25. The van der Waals surface area contributed by atoms with E-state index in [1.165, 1.54) is 0 Å². The van der Waals surface area contributed by atoms with Crippen LogP contribution in [0.3, 0.4) is 0 Å². The van der Waals surface area contributed by atoms with Gasteiger partial charge in [-0.3, -0.25) is 4.79 Å². The van der Waals surface area contributed by atoms with Gasteiger partial charge >= 0.3 is 0 Å². The van der Waals surface area contributed by atoms with Gasteiger partial charge < -0.3 is 25.8 Å². The molecule has 0 aromatic heterocycles. The van der Waals surface area contributed by atoms with Crippen molar-refractivity contribution in [3.63, 3.8) is 0 Å². The molecule has 0 radical (unpaired) electrons. The van der Waals surface area contributed by atoms with Crippen molar-refractivity contribution in [3.05, 3.63) is 48.0 Å². The number of ether oxygens (including phenoxy) is 2. The van der Waals surface area contributed by atoms with Gasteiger partial charge in [0.05, 0.1) is 26.5 Å². The molecule has 2 rings (SSSR count). The van der Waals surface area contributed by atoms with Gasteiger partial charge in [0.2, 0.25) is 5.91 Å². The topological polar surface area (TPSA) is 98.0 Å². The lowest BCUT2D eigenvalue weighted by molar-refractivity contribution is -0.118. The molecule has 28 heavy (non-hydrogen) atoms. The second-order valence-electron chi connectivity index (χ2n) is 6.23. The van der Waals surface area contributed by atoms with Crippen LogP contribution in [-0.4, -0.2) is 26.1 Å². The monoisotopic (exact) mass is 498 g/mol. The highest BCUT2D eigenvalue weighted by atomic mass is 127. The Labute approximate surface area is 182 Å². The van der Waals surface area contributed by atoms with Gasteiger partial charge in [0.15, 0.2) is 5.96 Å². The molecule has 2 aromatic carbocycles. The van der Waals surface area contributed by atoms with Crippen LogP contribution in [0, 0.1) is 5.92 Å². The molecule has 0 aliphatic heterocycles. The first kappa shape index (κ1) is 23.5. The first-order valence-corrected chi connectivity index (χ1v) is 8.61. The highest BCUT2D eigenvalue weighted by molar-refractivity contribution is 14.0. The molecule has 0 saturated carbocycles. The van der Waals surface area contributed by atoms with Crippen molar-refractivity contribution in [1.29, 1.82) is 0 Å². The standard InChI is InChI=1S/C20H26N4O3.HI/c1-13(2)19(25)23-15-7-5-14(6-8-15)12-22-20(21)24-17-11-16(26-3)9-10-18(17)27-4;/h5-11,13H,12H2,1-4H3,(H,23,25)(H3,21,22,24);1H. The van der Waals surface area contributed by atoms with Crippen molar-refractivity contribution < 1.29 is 14.3 Å². The first-order chi connectivity index (χ1) is 12.9. The molecule has 0 aliphatic carbocycles. The second-order valence-corrected chi connectivity index (χ2v) is 6.23. The number of methoxy groups -OCH3 is 2. The largest absolute Gasteiger partial charge is 0.497 e. The van der Waals surface area contributed by atoms with Gasteiger partial charge in [-0.25, -0.2) is 4.99 Å². The molecule has 0 bridgehead atoms. The summed E-state index contributed by atoms with van der Waals surface area (Å²) in [7, 11) is 3.18. The minimum absolute atomic E-state index is 0. The van der Waals surface area contributed by atoms with E-state index in [2.05, 4.69) is 15.6 Å². The average molecular weight is 498 g/mol. The summed E-state index contributed by atoms with van der Waals surface area (Å²) in [6.45, 7) is 4.11. The summed E-state index contributed by atoms with van der Waals surface area (Å²) < 4.78 is 10.5. The van der Waals surface area contributed by atoms with Crippen LogP contribution < -0.4 is 25.8 Å². The predicted octanol–water partition coefficient (Wildman–Crippen LogP) is 3.84. The highest BCUT2D eigenvalue weighted by Crippen LogP contribution is 2.28. The van der Waals surface area contributed by atoms with E-state index in [0.29, 0.717) is 23.7 Å². The van der Waals surface area contributed by atoms with Crippen molar-refractivity contribution in [2.45, 2.75) is 20.4 Å². The van der Waals surface area contributed by atoms with Gasteiger partial charge in [-0.2, -0.15) is 0 Å². The average Bonchev–Trinajstić information content (AvgIpc) is 2.67. The number of hydrogen-bond acceptors (Lipinski definition) is 4. The summed E-state index contributed by atoms with van der Waals surface area (Å²) >= 11 is 0. The molecular formula is C20H27IN4O3. The molecule has 8 heteroatoms.